The van der Waals surface area contributed by atoms with E-state index in [4.69, 9.17) is 4.74 Å². The fraction of sp³-hybridized carbons (Fsp3) is 0.579. The van der Waals surface area contributed by atoms with Gasteiger partial charge in [0.15, 0.2) is 0 Å². The number of Topliss-reactive ketones (excluding diaryl/α,β-unsaturated/α-hetero) is 2. The van der Waals surface area contributed by atoms with Crippen molar-refractivity contribution in [1.29, 1.82) is 0 Å². The summed E-state index contributed by atoms with van der Waals surface area (Å²) in [7, 11) is 1.64. The van der Waals surface area contributed by atoms with Gasteiger partial charge >= 0.3 is 0 Å². The predicted molar refractivity (Wildman–Crippen MR) is 86.3 cm³/mol. The van der Waals surface area contributed by atoms with E-state index in [9.17, 15) is 14.7 Å². The van der Waals surface area contributed by atoms with E-state index >= 15 is 0 Å². The molecule has 2 fully saturated rings. The fourth-order valence-electron chi connectivity index (χ4n) is 4.23. The van der Waals surface area contributed by atoms with Crippen LogP contribution in [0, 0.1) is 11.3 Å². The molecular formula is C19H24O4. The highest BCUT2D eigenvalue weighted by atomic mass is 16.5. The van der Waals surface area contributed by atoms with Gasteiger partial charge in [0.1, 0.15) is 17.3 Å². The molecule has 0 bridgehead atoms. The summed E-state index contributed by atoms with van der Waals surface area (Å²) in [6.07, 6.45) is 2.92. The molecule has 0 spiro atoms. The van der Waals surface area contributed by atoms with Gasteiger partial charge in [-0.25, -0.2) is 0 Å². The van der Waals surface area contributed by atoms with Crippen LogP contribution in [0.2, 0.25) is 0 Å². The summed E-state index contributed by atoms with van der Waals surface area (Å²) in [5.41, 5.74) is -0.765. The molecule has 0 radical (unpaired) electrons. The number of carbonyl (C=O) groups is 2. The van der Waals surface area contributed by atoms with E-state index in [0.717, 1.165) is 17.7 Å². The van der Waals surface area contributed by atoms with Gasteiger partial charge in [-0.1, -0.05) is 12.1 Å². The summed E-state index contributed by atoms with van der Waals surface area (Å²) in [5, 5.41) is 10.9. The highest BCUT2D eigenvalue weighted by Crippen LogP contribution is 2.54. The molecule has 1 aromatic rings. The molecule has 1 unspecified atom stereocenters. The van der Waals surface area contributed by atoms with Crippen LogP contribution in [0.3, 0.4) is 0 Å². The van der Waals surface area contributed by atoms with Crippen LogP contribution in [0.1, 0.15) is 44.6 Å². The second-order valence-electron chi connectivity index (χ2n) is 7.23. The highest BCUT2D eigenvalue weighted by molar-refractivity contribution is 5.94. The summed E-state index contributed by atoms with van der Waals surface area (Å²) in [6, 6.07) is 7.84. The third-order valence-electron chi connectivity index (χ3n) is 5.83. The summed E-state index contributed by atoms with van der Waals surface area (Å²) >= 11 is 0. The number of aliphatic hydroxyl groups is 1. The Morgan fingerprint density at radius 3 is 2.87 bits per heavy atom. The van der Waals surface area contributed by atoms with Gasteiger partial charge in [-0.05, 0) is 50.3 Å². The third-order valence-corrected chi connectivity index (χ3v) is 5.83. The van der Waals surface area contributed by atoms with E-state index in [0.29, 0.717) is 25.7 Å². The highest BCUT2D eigenvalue weighted by Gasteiger charge is 2.62. The van der Waals surface area contributed by atoms with Crippen molar-refractivity contribution in [3.05, 3.63) is 29.8 Å². The first-order valence-corrected chi connectivity index (χ1v) is 8.29. The largest absolute Gasteiger partial charge is 0.497 e. The lowest BCUT2D eigenvalue weighted by molar-refractivity contribution is -0.148. The lowest BCUT2D eigenvalue weighted by Crippen LogP contribution is -2.50. The second kappa shape index (κ2) is 5.75. The van der Waals surface area contributed by atoms with E-state index in [1.54, 1.807) is 7.11 Å². The Labute approximate surface area is 136 Å². The minimum Gasteiger partial charge on any atom is -0.497 e. The van der Waals surface area contributed by atoms with Crippen LogP contribution in [0.15, 0.2) is 24.3 Å². The van der Waals surface area contributed by atoms with Gasteiger partial charge in [0.25, 0.3) is 0 Å². The summed E-state index contributed by atoms with van der Waals surface area (Å²) in [4.78, 5) is 24.6. The summed E-state index contributed by atoms with van der Waals surface area (Å²) in [6.45, 7) is 1.84. The van der Waals surface area contributed by atoms with Crippen LogP contribution >= 0.6 is 0 Å². The topological polar surface area (TPSA) is 63.6 Å². The third kappa shape index (κ3) is 2.69. The van der Waals surface area contributed by atoms with Gasteiger partial charge in [0.05, 0.1) is 18.1 Å². The van der Waals surface area contributed by atoms with Crippen molar-refractivity contribution in [3.8, 4) is 5.75 Å². The number of hydrogen-bond donors (Lipinski definition) is 1. The molecule has 3 atom stereocenters. The zero-order chi connectivity index (χ0) is 16.7. The van der Waals surface area contributed by atoms with Crippen molar-refractivity contribution in [2.75, 3.05) is 7.11 Å². The van der Waals surface area contributed by atoms with Crippen LogP contribution in [-0.2, 0) is 16.0 Å². The minimum atomic E-state index is -1.14. The molecule has 0 amide bonds. The first-order valence-electron chi connectivity index (χ1n) is 8.29. The first kappa shape index (κ1) is 16.2. The number of methoxy groups -OCH3 is 1. The van der Waals surface area contributed by atoms with Gasteiger partial charge in [-0.3, -0.25) is 9.59 Å². The molecule has 2 saturated carbocycles. The van der Waals surface area contributed by atoms with Gasteiger partial charge in [0, 0.05) is 18.8 Å². The molecule has 1 N–H and O–H groups in total. The lowest BCUT2D eigenvalue weighted by atomic mass is 9.65. The van der Waals surface area contributed by atoms with Crippen LogP contribution in [-0.4, -0.2) is 29.4 Å². The number of ether oxygens (including phenoxy) is 1. The number of fused-ring (bicyclic) bond motifs is 1. The molecule has 2 aliphatic carbocycles. The molecule has 3 rings (SSSR count). The average Bonchev–Trinajstić information content (AvgIpc) is 2.73. The lowest BCUT2D eigenvalue weighted by Gasteiger charge is -2.41. The molecule has 2 aliphatic rings. The van der Waals surface area contributed by atoms with Crippen molar-refractivity contribution in [2.24, 2.45) is 11.3 Å². The smallest absolute Gasteiger partial charge is 0.144 e. The number of carbonyl (C=O) groups excluding carboxylic acids is 2. The maximum atomic E-state index is 12.8. The monoisotopic (exact) mass is 316 g/mol. The van der Waals surface area contributed by atoms with Crippen molar-refractivity contribution < 1.29 is 19.4 Å². The van der Waals surface area contributed by atoms with E-state index < -0.39 is 11.0 Å². The second-order valence-corrected chi connectivity index (χ2v) is 7.23. The van der Waals surface area contributed by atoms with E-state index in [2.05, 4.69) is 0 Å². The number of aryl methyl sites for hydroxylation is 1. The molecule has 0 heterocycles. The van der Waals surface area contributed by atoms with Gasteiger partial charge in [0.2, 0.25) is 0 Å². The molecule has 124 valence electrons. The number of rotatable bonds is 4. The summed E-state index contributed by atoms with van der Waals surface area (Å²) < 4.78 is 5.22. The first-order chi connectivity index (χ1) is 10.9. The Morgan fingerprint density at radius 2 is 2.13 bits per heavy atom. The van der Waals surface area contributed by atoms with Crippen molar-refractivity contribution >= 4 is 11.6 Å². The van der Waals surface area contributed by atoms with Gasteiger partial charge in [-0.2, -0.15) is 0 Å². The molecule has 0 saturated heterocycles. The fourth-order valence-corrected chi connectivity index (χ4v) is 4.23. The number of hydrogen-bond acceptors (Lipinski definition) is 4. The maximum Gasteiger partial charge on any atom is 0.144 e. The Balaban J connectivity index is 1.72. The average molecular weight is 316 g/mol. The van der Waals surface area contributed by atoms with Crippen molar-refractivity contribution in [1.82, 2.24) is 0 Å². The molecule has 1 aromatic carbocycles. The molecule has 23 heavy (non-hydrogen) atoms. The van der Waals surface area contributed by atoms with Crippen molar-refractivity contribution in [3.63, 3.8) is 0 Å². The Hall–Kier alpha value is -1.68. The van der Waals surface area contributed by atoms with Crippen LogP contribution in [0.5, 0.6) is 5.75 Å². The quantitative estimate of drug-likeness (QED) is 0.927. The molecule has 4 heteroatoms. The minimum absolute atomic E-state index is 0.0752. The van der Waals surface area contributed by atoms with E-state index in [-0.39, 0.29) is 23.9 Å². The zero-order valence-corrected chi connectivity index (χ0v) is 13.8. The van der Waals surface area contributed by atoms with Gasteiger partial charge in [-0.15, -0.1) is 0 Å². The molecule has 0 aliphatic heterocycles. The van der Waals surface area contributed by atoms with Gasteiger partial charge < -0.3 is 9.84 Å². The van der Waals surface area contributed by atoms with Crippen LogP contribution in [0.4, 0.5) is 0 Å². The zero-order valence-electron chi connectivity index (χ0n) is 13.8. The van der Waals surface area contributed by atoms with Crippen LogP contribution in [0.25, 0.3) is 0 Å². The SMILES string of the molecule is COc1cccc(CCC2C[C@]3(O)CC(=O)CC[C@]3(C)C2=O)c1. The predicted octanol–water partition coefficient (Wildman–Crippen LogP) is 2.71. The van der Waals surface area contributed by atoms with Crippen molar-refractivity contribution in [2.45, 2.75) is 51.0 Å². The number of benzene rings is 1. The summed E-state index contributed by atoms with van der Waals surface area (Å²) in [5.74, 6) is 0.855. The Morgan fingerprint density at radius 1 is 1.35 bits per heavy atom. The molecule has 0 aromatic heterocycles. The number of ketones is 2. The normalized spacial score (nSPS) is 33.6. The molecule has 4 nitrogen and oxygen atoms in total. The standard InChI is InChI=1S/C19H24O4/c1-18-9-8-15(20)12-19(18,22)11-14(17(18)21)7-6-13-4-3-5-16(10-13)23-2/h3-5,10,14,22H,6-9,11-12H2,1-2H3/t14?,18-,19+/m1/s1. The molecular weight excluding hydrogens is 292 g/mol. The Bertz CT molecular complexity index is 638. The Kier molecular flexibility index (Phi) is 4.05. The van der Waals surface area contributed by atoms with E-state index in [1.165, 1.54) is 0 Å². The maximum absolute atomic E-state index is 12.8. The van der Waals surface area contributed by atoms with Crippen LogP contribution < -0.4 is 4.74 Å². The van der Waals surface area contributed by atoms with E-state index in [1.807, 2.05) is 31.2 Å².